The van der Waals surface area contributed by atoms with Crippen molar-refractivity contribution in [2.45, 2.75) is 30.5 Å². The molecule has 0 saturated heterocycles. The normalized spacial score (nSPS) is 12.2. The number of carbonyl (C=O) groups excluding carboxylic acids is 1. The van der Waals surface area contributed by atoms with Gasteiger partial charge in [0.2, 0.25) is 0 Å². The summed E-state index contributed by atoms with van der Waals surface area (Å²) in [5.74, 6) is 0.0904. The number of ketones is 1. The Balaban J connectivity index is 1.85. The van der Waals surface area contributed by atoms with Crippen LogP contribution in [0.4, 0.5) is 0 Å². The van der Waals surface area contributed by atoms with Gasteiger partial charge in [-0.05, 0) is 31.5 Å². The Morgan fingerprint density at radius 1 is 0.893 bits per heavy atom. The number of hydrogen-bond acceptors (Lipinski definition) is 2. The average Bonchev–Trinajstić information content (AvgIpc) is 3.04. The van der Waals surface area contributed by atoms with E-state index < -0.39 is 0 Å². The molecule has 1 aromatic heterocycles. The zero-order valence-electron chi connectivity index (χ0n) is 16.1. The van der Waals surface area contributed by atoms with Crippen LogP contribution in [0.5, 0.6) is 0 Å². The molecule has 0 aliphatic carbocycles. The number of carbonyl (C=O) groups is 1. The molecule has 4 aromatic rings. The maximum atomic E-state index is 13.3. The predicted molar refractivity (Wildman–Crippen MR) is 118 cm³/mol. The highest BCUT2D eigenvalue weighted by Crippen LogP contribution is 2.39. The molecule has 0 amide bonds. The first kappa shape index (κ1) is 18.6. The molecule has 2 nitrogen and oxygen atoms in total. The maximum absolute atomic E-state index is 13.3. The fourth-order valence-corrected chi connectivity index (χ4v) is 4.93. The molecule has 1 heterocycles. The molecule has 0 saturated carbocycles. The van der Waals surface area contributed by atoms with Crippen LogP contribution in [0.3, 0.4) is 0 Å². The predicted octanol–water partition coefficient (Wildman–Crippen LogP) is 6.88. The monoisotopic (exact) mass is 385 g/mol. The Bertz CT molecular complexity index is 1100. The lowest BCUT2D eigenvalue weighted by atomic mass is 10.0. The van der Waals surface area contributed by atoms with Crippen LogP contribution in [0, 0.1) is 6.92 Å². The lowest BCUT2D eigenvalue weighted by Gasteiger charge is -2.20. The van der Waals surface area contributed by atoms with Crippen LogP contribution in [0.1, 0.15) is 40.3 Å². The molecule has 0 aliphatic heterocycles. The first-order valence-electron chi connectivity index (χ1n) is 9.61. The summed E-state index contributed by atoms with van der Waals surface area (Å²) >= 11 is 1.84. The highest BCUT2D eigenvalue weighted by molar-refractivity contribution is 7.99. The Labute approximate surface area is 170 Å². The van der Waals surface area contributed by atoms with Gasteiger partial charge in [0.15, 0.2) is 5.78 Å². The first-order valence-corrected chi connectivity index (χ1v) is 10.5. The molecule has 0 N–H and O–H groups in total. The van der Waals surface area contributed by atoms with Crippen molar-refractivity contribution in [2.24, 2.45) is 0 Å². The quantitative estimate of drug-likeness (QED) is 0.266. The summed E-state index contributed by atoms with van der Waals surface area (Å²) in [5.41, 5.74) is 3.70. The number of aromatic nitrogens is 1. The Morgan fingerprint density at radius 2 is 1.50 bits per heavy atom. The third-order valence-electron chi connectivity index (χ3n) is 5.07. The van der Waals surface area contributed by atoms with Gasteiger partial charge in [0.25, 0.3) is 0 Å². The number of hydrogen-bond donors (Lipinski definition) is 0. The number of thioether (sulfide) groups is 1. The van der Waals surface area contributed by atoms with Crippen molar-refractivity contribution in [3.8, 4) is 0 Å². The van der Waals surface area contributed by atoms with Crippen LogP contribution < -0.4 is 0 Å². The van der Waals surface area contributed by atoms with Crippen LogP contribution >= 0.6 is 11.8 Å². The van der Waals surface area contributed by atoms with Crippen molar-refractivity contribution in [3.63, 3.8) is 0 Å². The molecule has 0 fully saturated rings. The van der Waals surface area contributed by atoms with E-state index in [1.807, 2.05) is 54.2 Å². The van der Waals surface area contributed by atoms with Gasteiger partial charge in [-0.1, -0.05) is 73.7 Å². The minimum Gasteiger partial charge on any atom is -0.331 e. The smallest absolute Gasteiger partial charge is 0.195 e. The van der Waals surface area contributed by atoms with E-state index in [4.69, 9.17) is 0 Å². The molecule has 1 atom stereocenters. The van der Waals surface area contributed by atoms with E-state index in [2.05, 4.69) is 60.9 Å². The van der Waals surface area contributed by atoms with Gasteiger partial charge in [-0.25, -0.2) is 0 Å². The van der Waals surface area contributed by atoms with E-state index >= 15 is 0 Å². The largest absolute Gasteiger partial charge is 0.331 e. The maximum Gasteiger partial charge on any atom is 0.195 e. The highest BCUT2D eigenvalue weighted by atomic mass is 32.2. The molecule has 0 spiro atoms. The van der Waals surface area contributed by atoms with Crippen LogP contribution in [-0.2, 0) is 0 Å². The van der Waals surface area contributed by atoms with Crippen molar-refractivity contribution < 1.29 is 4.79 Å². The fraction of sp³-hybridized carbons (Fsp3) is 0.160. The number of para-hydroxylation sites is 1. The molecule has 3 aromatic carbocycles. The average molecular weight is 386 g/mol. The number of fused-ring (bicyclic) bond motifs is 1. The Hall–Kier alpha value is -2.78. The summed E-state index contributed by atoms with van der Waals surface area (Å²) in [5, 5.41) is 1.26. The second-order valence-corrected chi connectivity index (χ2v) is 8.09. The summed E-state index contributed by atoms with van der Waals surface area (Å²) in [7, 11) is 0. The molecule has 0 bridgehead atoms. The van der Waals surface area contributed by atoms with Gasteiger partial charge in [-0.15, -0.1) is 11.8 Å². The highest BCUT2D eigenvalue weighted by Gasteiger charge is 2.24. The van der Waals surface area contributed by atoms with Gasteiger partial charge in [-0.2, -0.15) is 0 Å². The van der Waals surface area contributed by atoms with Gasteiger partial charge in [0.1, 0.15) is 0 Å². The summed E-state index contributed by atoms with van der Waals surface area (Å²) in [4.78, 5) is 14.6. The van der Waals surface area contributed by atoms with Crippen molar-refractivity contribution >= 4 is 28.4 Å². The summed E-state index contributed by atoms with van der Waals surface area (Å²) in [6.45, 7) is 4.28. The molecule has 0 aliphatic rings. The zero-order valence-corrected chi connectivity index (χ0v) is 16.9. The zero-order chi connectivity index (χ0) is 19.5. The van der Waals surface area contributed by atoms with Gasteiger partial charge in [-0.3, -0.25) is 4.79 Å². The molecule has 0 radical (unpaired) electrons. The van der Waals surface area contributed by atoms with Crippen LogP contribution in [0.15, 0.2) is 89.8 Å². The first-order chi connectivity index (χ1) is 13.7. The lowest BCUT2D eigenvalue weighted by molar-refractivity contribution is 0.103. The molecular formula is C25H23NOS. The minimum absolute atomic E-state index is 0.0904. The standard InChI is InChI=1S/C25H23NOS/c1-3-23(28-20-14-8-5-9-15-20)26-18(2)24(21-16-10-11-17-22(21)26)25(27)19-12-6-4-7-13-19/h4-17,23H,3H2,1-2H3. The topological polar surface area (TPSA) is 22.0 Å². The third-order valence-corrected chi connectivity index (χ3v) is 6.43. The van der Waals surface area contributed by atoms with Crippen LogP contribution in [0.2, 0.25) is 0 Å². The van der Waals surface area contributed by atoms with Gasteiger partial charge >= 0.3 is 0 Å². The van der Waals surface area contributed by atoms with E-state index in [-0.39, 0.29) is 11.2 Å². The molecule has 140 valence electrons. The summed E-state index contributed by atoms with van der Waals surface area (Å²) in [6, 6.07) is 28.3. The van der Waals surface area contributed by atoms with Gasteiger partial charge < -0.3 is 4.57 Å². The summed E-state index contributed by atoms with van der Waals surface area (Å²) < 4.78 is 2.34. The van der Waals surface area contributed by atoms with Crippen molar-refractivity contribution in [1.82, 2.24) is 4.57 Å². The second kappa shape index (κ2) is 8.07. The number of nitrogens with zero attached hydrogens (tertiary/aromatic N) is 1. The fourth-order valence-electron chi connectivity index (χ4n) is 3.76. The van der Waals surface area contributed by atoms with Crippen LogP contribution in [0.25, 0.3) is 10.9 Å². The van der Waals surface area contributed by atoms with Crippen molar-refractivity contribution in [3.05, 3.63) is 102 Å². The molecule has 3 heteroatoms. The Morgan fingerprint density at radius 3 is 2.18 bits per heavy atom. The van der Waals surface area contributed by atoms with E-state index in [1.165, 1.54) is 4.90 Å². The van der Waals surface area contributed by atoms with E-state index in [0.29, 0.717) is 0 Å². The van der Waals surface area contributed by atoms with Crippen LogP contribution in [-0.4, -0.2) is 10.4 Å². The summed E-state index contributed by atoms with van der Waals surface area (Å²) in [6.07, 6.45) is 0.970. The number of rotatable bonds is 6. The van der Waals surface area contributed by atoms with E-state index in [9.17, 15) is 4.79 Å². The van der Waals surface area contributed by atoms with E-state index in [1.54, 1.807) is 0 Å². The second-order valence-electron chi connectivity index (χ2n) is 6.84. The molecular weight excluding hydrogens is 362 g/mol. The Kier molecular flexibility index (Phi) is 5.36. The SMILES string of the molecule is CCC(Sc1ccccc1)n1c(C)c(C(=O)c2ccccc2)c2ccccc21. The minimum atomic E-state index is 0.0904. The molecule has 1 unspecified atom stereocenters. The third kappa shape index (κ3) is 3.38. The molecule has 4 rings (SSSR count). The molecule has 28 heavy (non-hydrogen) atoms. The van der Waals surface area contributed by atoms with Gasteiger partial charge in [0.05, 0.1) is 10.9 Å². The number of benzene rings is 3. The van der Waals surface area contributed by atoms with E-state index in [0.717, 1.165) is 34.1 Å². The van der Waals surface area contributed by atoms with Crippen molar-refractivity contribution in [1.29, 1.82) is 0 Å². The van der Waals surface area contributed by atoms with Crippen molar-refractivity contribution in [2.75, 3.05) is 0 Å². The van der Waals surface area contributed by atoms with Gasteiger partial charge in [0, 0.05) is 27.1 Å². The lowest BCUT2D eigenvalue weighted by Crippen LogP contribution is -2.09.